The van der Waals surface area contributed by atoms with Crippen LogP contribution >= 0.6 is 0 Å². The number of methoxy groups -OCH3 is 1. The van der Waals surface area contributed by atoms with Crippen molar-refractivity contribution in [1.29, 1.82) is 0 Å². The number of ether oxygens (including phenoxy) is 2. The van der Waals surface area contributed by atoms with Gasteiger partial charge in [-0.25, -0.2) is 0 Å². The molecule has 25 heavy (non-hydrogen) atoms. The van der Waals surface area contributed by atoms with Gasteiger partial charge in [-0.2, -0.15) is 0 Å². The van der Waals surface area contributed by atoms with Gasteiger partial charge in [0.15, 0.2) is 17.5 Å². The maximum atomic E-state index is 12.2. The van der Waals surface area contributed by atoms with Gasteiger partial charge in [0.05, 0.1) is 20.3 Å². The molecule has 0 unspecified atom stereocenters. The predicted molar refractivity (Wildman–Crippen MR) is 99.6 cm³/mol. The molecule has 1 aromatic rings. The molecule has 7 heteroatoms. The number of benzene rings is 1. The van der Waals surface area contributed by atoms with Crippen molar-refractivity contribution in [1.82, 2.24) is 10.2 Å². The number of nitrogens with one attached hydrogen (secondary N) is 2. The molecule has 0 aromatic heterocycles. The van der Waals surface area contributed by atoms with E-state index >= 15 is 0 Å². The molecule has 0 aliphatic carbocycles. The Morgan fingerprint density at radius 1 is 1.24 bits per heavy atom. The molecule has 1 aliphatic heterocycles. The van der Waals surface area contributed by atoms with Crippen molar-refractivity contribution in [2.75, 3.05) is 45.7 Å². The SMILES string of the molecule is CCOc1cc(NC(=NC)NCC(=O)N2CCCCC2)ccc1OC. The van der Waals surface area contributed by atoms with Crippen molar-refractivity contribution < 1.29 is 14.3 Å². The van der Waals surface area contributed by atoms with Crippen LogP contribution in [-0.4, -0.2) is 57.2 Å². The lowest BCUT2D eigenvalue weighted by atomic mass is 10.1. The van der Waals surface area contributed by atoms with Crippen molar-refractivity contribution in [3.8, 4) is 11.5 Å². The molecule has 1 aromatic carbocycles. The largest absolute Gasteiger partial charge is 0.493 e. The Bertz CT molecular complexity index is 598. The van der Waals surface area contributed by atoms with Crippen molar-refractivity contribution in [3.05, 3.63) is 18.2 Å². The number of piperidine rings is 1. The van der Waals surface area contributed by atoms with E-state index in [-0.39, 0.29) is 12.5 Å². The van der Waals surface area contributed by atoms with Gasteiger partial charge in [-0.1, -0.05) is 0 Å². The molecule has 0 spiro atoms. The molecule has 2 N–H and O–H groups in total. The Kier molecular flexibility index (Phi) is 7.37. The Morgan fingerprint density at radius 2 is 2.00 bits per heavy atom. The highest BCUT2D eigenvalue weighted by molar-refractivity contribution is 5.96. The Morgan fingerprint density at radius 3 is 2.64 bits per heavy atom. The third-order valence-electron chi connectivity index (χ3n) is 4.07. The summed E-state index contributed by atoms with van der Waals surface area (Å²) in [7, 11) is 3.28. The number of hydrogen-bond acceptors (Lipinski definition) is 4. The van der Waals surface area contributed by atoms with Gasteiger partial charge >= 0.3 is 0 Å². The molecule has 0 saturated carbocycles. The van der Waals surface area contributed by atoms with E-state index in [9.17, 15) is 4.79 Å². The minimum atomic E-state index is 0.104. The molecule has 1 fully saturated rings. The molecule has 138 valence electrons. The molecule has 1 saturated heterocycles. The minimum Gasteiger partial charge on any atom is -0.493 e. The maximum Gasteiger partial charge on any atom is 0.241 e. The number of rotatable bonds is 6. The zero-order chi connectivity index (χ0) is 18.1. The normalized spacial score (nSPS) is 14.8. The van der Waals surface area contributed by atoms with E-state index < -0.39 is 0 Å². The molecule has 1 amide bonds. The van der Waals surface area contributed by atoms with E-state index in [1.165, 1.54) is 6.42 Å². The fourth-order valence-electron chi connectivity index (χ4n) is 2.75. The standard InChI is InChI=1S/C18H28N4O3/c1-4-25-16-12-14(8-9-15(16)24-3)21-18(19-2)20-13-17(23)22-10-6-5-7-11-22/h8-9,12H,4-7,10-11,13H2,1-3H3,(H2,19,20,21). The Hall–Kier alpha value is -2.44. The fraction of sp³-hybridized carbons (Fsp3) is 0.556. The van der Waals surface area contributed by atoms with Gasteiger partial charge in [-0.05, 0) is 38.3 Å². The van der Waals surface area contributed by atoms with E-state index in [2.05, 4.69) is 15.6 Å². The zero-order valence-electron chi connectivity index (χ0n) is 15.3. The van der Waals surface area contributed by atoms with Crippen LogP contribution in [0.1, 0.15) is 26.2 Å². The maximum absolute atomic E-state index is 12.2. The van der Waals surface area contributed by atoms with Crippen LogP contribution in [-0.2, 0) is 4.79 Å². The van der Waals surface area contributed by atoms with Crippen LogP contribution in [0.2, 0.25) is 0 Å². The van der Waals surface area contributed by atoms with Gasteiger partial charge in [-0.15, -0.1) is 0 Å². The van der Waals surface area contributed by atoms with Crippen LogP contribution in [0.3, 0.4) is 0 Å². The number of amides is 1. The molecule has 2 rings (SSSR count). The van der Waals surface area contributed by atoms with Crippen LogP contribution in [0, 0.1) is 0 Å². The first-order valence-electron chi connectivity index (χ1n) is 8.74. The van der Waals surface area contributed by atoms with Gasteiger partial charge < -0.3 is 25.0 Å². The first-order chi connectivity index (χ1) is 12.2. The summed E-state index contributed by atoms with van der Waals surface area (Å²) in [6.45, 7) is 4.41. The van der Waals surface area contributed by atoms with Crippen LogP contribution in [0.15, 0.2) is 23.2 Å². The number of nitrogens with zero attached hydrogens (tertiary/aromatic N) is 2. The van der Waals surface area contributed by atoms with E-state index in [4.69, 9.17) is 9.47 Å². The number of anilines is 1. The summed E-state index contributed by atoms with van der Waals surface area (Å²) in [5.41, 5.74) is 0.808. The van der Waals surface area contributed by atoms with Crippen molar-refractivity contribution in [2.45, 2.75) is 26.2 Å². The number of aliphatic imine (C=N–C) groups is 1. The monoisotopic (exact) mass is 348 g/mol. The molecule has 0 radical (unpaired) electrons. The number of carbonyl (C=O) groups is 1. The number of carbonyl (C=O) groups excluding carboxylic acids is 1. The molecule has 1 heterocycles. The Balaban J connectivity index is 1.93. The minimum absolute atomic E-state index is 0.104. The second-order valence-electron chi connectivity index (χ2n) is 5.79. The smallest absolute Gasteiger partial charge is 0.241 e. The molecule has 1 aliphatic rings. The van der Waals surface area contributed by atoms with E-state index in [0.717, 1.165) is 31.6 Å². The molecule has 0 atom stereocenters. The van der Waals surface area contributed by atoms with Crippen molar-refractivity contribution in [2.24, 2.45) is 4.99 Å². The number of hydrogen-bond donors (Lipinski definition) is 2. The van der Waals surface area contributed by atoms with Gasteiger partial charge in [0.2, 0.25) is 5.91 Å². The van der Waals surface area contributed by atoms with Gasteiger partial charge in [-0.3, -0.25) is 9.79 Å². The lowest BCUT2D eigenvalue weighted by Gasteiger charge is -2.27. The van der Waals surface area contributed by atoms with Gasteiger partial charge in [0, 0.05) is 31.9 Å². The van der Waals surface area contributed by atoms with Crippen LogP contribution in [0.5, 0.6) is 11.5 Å². The summed E-state index contributed by atoms with van der Waals surface area (Å²) in [4.78, 5) is 18.3. The highest BCUT2D eigenvalue weighted by atomic mass is 16.5. The summed E-state index contributed by atoms with van der Waals surface area (Å²) in [5.74, 6) is 1.98. The van der Waals surface area contributed by atoms with E-state index in [0.29, 0.717) is 24.1 Å². The first kappa shape index (κ1) is 18.9. The molecule has 0 bridgehead atoms. The first-order valence-corrected chi connectivity index (χ1v) is 8.74. The van der Waals surface area contributed by atoms with Crippen molar-refractivity contribution in [3.63, 3.8) is 0 Å². The van der Waals surface area contributed by atoms with Crippen LogP contribution < -0.4 is 20.1 Å². The fourth-order valence-corrected chi connectivity index (χ4v) is 2.75. The zero-order valence-corrected chi connectivity index (χ0v) is 15.3. The quantitative estimate of drug-likeness (QED) is 0.608. The van der Waals surface area contributed by atoms with E-state index in [1.54, 1.807) is 14.2 Å². The summed E-state index contributed by atoms with van der Waals surface area (Å²) < 4.78 is 10.9. The van der Waals surface area contributed by atoms with Crippen LogP contribution in [0.25, 0.3) is 0 Å². The highest BCUT2D eigenvalue weighted by Crippen LogP contribution is 2.30. The third-order valence-corrected chi connectivity index (χ3v) is 4.07. The number of guanidine groups is 1. The molecular weight excluding hydrogens is 320 g/mol. The summed E-state index contributed by atoms with van der Waals surface area (Å²) in [6, 6.07) is 5.56. The lowest BCUT2D eigenvalue weighted by molar-refractivity contribution is -0.130. The Labute approximate surface area is 149 Å². The third kappa shape index (κ3) is 5.55. The second-order valence-corrected chi connectivity index (χ2v) is 5.79. The average molecular weight is 348 g/mol. The topological polar surface area (TPSA) is 75.2 Å². The number of likely N-dealkylation sites (tertiary alicyclic amines) is 1. The second kappa shape index (κ2) is 9.76. The predicted octanol–water partition coefficient (Wildman–Crippen LogP) is 2.09. The lowest BCUT2D eigenvalue weighted by Crippen LogP contribution is -2.44. The highest BCUT2D eigenvalue weighted by Gasteiger charge is 2.16. The average Bonchev–Trinajstić information content (AvgIpc) is 2.66. The molecule has 7 nitrogen and oxygen atoms in total. The summed E-state index contributed by atoms with van der Waals surface area (Å²) in [6.07, 6.45) is 3.38. The molecular formula is C18H28N4O3. The van der Waals surface area contributed by atoms with Gasteiger partial charge in [0.25, 0.3) is 0 Å². The van der Waals surface area contributed by atoms with Gasteiger partial charge in [0.1, 0.15) is 0 Å². The van der Waals surface area contributed by atoms with Crippen molar-refractivity contribution >= 4 is 17.6 Å². The summed E-state index contributed by atoms with van der Waals surface area (Å²) >= 11 is 0. The van der Waals surface area contributed by atoms with Crippen LogP contribution in [0.4, 0.5) is 5.69 Å². The summed E-state index contributed by atoms with van der Waals surface area (Å²) in [5, 5.41) is 6.24. The van der Waals surface area contributed by atoms with E-state index in [1.807, 2.05) is 30.0 Å².